The Morgan fingerprint density at radius 3 is 2.32 bits per heavy atom. The van der Waals surface area contributed by atoms with Gasteiger partial charge in [0, 0.05) is 43.7 Å². The summed E-state index contributed by atoms with van der Waals surface area (Å²) in [4.78, 5) is 39.6. The molecule has 0 atom stereocenters. The first-order valence-electron chi connectivity index (χ1n) is 7.01. The zero-order valence-electron chi connectivity index (χ0n) is 12.7. The van der Waals surface area contributed by atoms with E-state index in [-0.39, 0.29) is 5.91 Å². The van der Waals surface area contributed by atoms with E-state index in [1.807, 2.05) is 24.5 Å². The zero-order valence-corrected chi connectivity index (χ0v) is 13.5. The molecule has 6 nitrogen and oxygen atoms in total. The highest BCUT2D eigenvalue weighted by Crippen LogP contribution is 2.19. The third-order valence-electron chi connectivity index (χ3n) is 3.53. The fraction of sp³-hybridized carbons (Fsp3) is 0.400. The molecule has 2 rings (SSSR count). The SMILES string of the molecule is CSc1cccc(NC(=O)C(=O)N2CCN(C(C)=O)CC2)c1. The largest absolute Gasteiger partial charge is 0.339 e. The van der Waals surface area contributed by atoms with E-state index in [4.69, 9.17) is 0 Å². The molecule has 0 bridgehead atoms. The van der Waals surface area contributed by atoms with Crippen LogP contribution in [0, 0.1) is 0 Å². The number of hydrogen-bond acceptors (Lipinski definition) is 4. The van der Waals surface area contributed by atoms with Crippen molar-refractivity contribution in [3.05, 3.63) is 24.3 Å². The number of nitrogens with zero attached hydrogens (tertiary/aromatic N) is 2. The van der Waals surface area contributed by atoms with Crippen LogP contribution in [0.25, 0.3) is 0 Å². The normalized spacial score (nSPS) is 14.6. The van der Waals surface area contributed by atoms with E-state index in [1.165, 1.54) is 11.8 Å². The second kappa shape index (κ2) is 7.31. The minimum absolute atomic E-state index is 0.00886. The predicted octanol–water partition coefficient (Wildman–Crippen LogP) is 1.04. The molecule has 0 aromatic heterocycles. The average molecular weight is 321 g/mol. The first kappa shape index (κ1) is 16.4. The van der Waals surface area contributed by atoms with Crippen molar-refractivity contribution in [2.75, 3.05) is 37.8 Å². The second-order valence-corrected chi connectivity index (χ2v) is 5.86. The average Bonchev–Trinajstić information content (AvgIpc) is 2.54. The lowest BCUT2D eigenvalue weighted by atomic mass is 10.3. The fourth-order valence-corrected chi connectivity index (χ4v) is 2.71. The summed E-state index contributed by atoms with van der Waals surface area (Å²) in [5, 5.41) is 2.62. The molecular formula is C15H19N3O3S. The third kappa shape index (κ3) is 4.00. The van der Waals surface area contributed by atoms with Crippen molar-refractivity contribution in [3.63, 3.8) is 0 Å². The molecule has 0 aliphatic carbocycles. The predicted molar refractivity (Wildman–Crippen MR) is 85.7 cm³/mol. The molecule has 0 saturated carbocycles. The zero-order chi connectivity index (χ0) is 16.1. The van der Waals surface area contributed by atoms with E-state index in [0.29, 0.717) is 31.9 Å². The molecular weight excluding hydrogens is 302 g/mol. The lowest BCUT2D eigenvalue weighted by Crippen LogP contribution is -2.52. The van der Waals surface area contributed by atoms with Crippen LogP contribution in [0.1, 0.15) is 6.92 Å². The molecule has 22 heavy (non-hydrogen) atoms. The van der Waals surface area contributed by atoms with Gasteiger partial charge in [-0.3, -0.25) is 14.4 Å². The summed E-state index contributed by atoms with van der Waals surface area (Å²) in [6.45, 7) is 3.21. The number of thioether (sulfide) groups is 1. The number of benzene rings is 1. The van der Waals surface area contributed by atoms with Gasteiger partial charge in [-0.25, -0.2) is 0 Å². The Morgan fingerprint density at radius 2 is 1.73 bits per heavy atom. The van der Waals surface area contributed by atoms with Crippen molar-refractivity contribution in [2.45, 2.75) is 11.8 Å². The van der Waals surface area contributed by atoms with Crippen LogP contribution in [0.2, 0.25) is 0 Å². The molecule has 0 unspecified atom stereocenters. The van der Waals surface area contributed by atoms with Gasteiger partial charge >= 0.3 is 11.8 Å². The smallest absolute Gasteiger partial charge is 0.313 e. The standard InChI is InChI=1S/C15H19N3O3S/c1-11(19)17-6-8-18(9-7-17)15(21)14(20)16-12-4-3-5-13(10-12)22-2/h3-5,10H,6-9H2,1-2H3,(H,16,20). The van der Waals surface area contributed by atoms with Crippen LogP contribution in [-0.2, 0) is 14.4 Å². The number of anilines is 1. The highest BCUT2D eigenvalue weighted by Gasteiger charge is 2.26. The van der Waals surface area contributed by atoms with Crippen LogP contribution in [0.15, 0.2) is 29.2 Å². The first-order chi connectivity index (χ1) is 10.5. The van der Waals surface area contributed by atoms with Gasteiger partial charge in [-0.2, -0.15) is 0 Å². The minimum Gasteiger partial charge on any atom is -0.339 e. The molecule has 1 fully saturated rings. The number of carbonyl (C=O) groups excluding carboxylic acids is 3. The number of piperazine rings is 1. The lowest BCUT2D eigenvalue weighted by Gasteiger charge is -2.33. The molecule has 7 heteroatoms. The Hall–Kier alpha value is -2.02. The summed E-state index contributed by atoms with van der Waals surface area (Å²) in [6, 6.07) is 7.34. The third-order valence-corrected chi connectivity index (χ3v) is 4.26. The number of carbonyl (C=O) groups is 3. The maximum absolute atomic E-state index is 12.1. The Balaban J connectivity index is 1.92. The Kier molecular flexibility index (Phi) is 5.43. The van der Waals surface area contributed by atoms with Crippen LogP contribution in [-0.4, -0.2) is 60.0 Å². The summed E-state index contributed by atoms with van der Waals surface area (Å²) < 4.78 is 0. The van der Waals surface area contributed by atoms with Crippen molar-refractivity contribution < 1.29 is 14.4 Å². The van der Waals surface area contributed by atoms with E-state index in [0.717, 1.165) is 4.90 Å². The second-order valence-electron chi connectivity index (χ2n) is 4.98. The minimum atomic E-state index is -0.644. The molecule has 1 aliphatic heterocycles. The van der Waals surface area contributed by atoms with Crippen molar-refractivity contribution in [1.82, 2.24) is 9.80 Å². The summed E-state index contributed by atoms with van der Waals surface area (Å²) >= 11 is 1.57. The monoisotopic (exact) mass is 321 g/mol. The summed E-state index contributed by atoms with van der Waals surface area (Å²) in [5.41, 5.74) is 0.604. The van der Waals surface area contributed by atoms with Crippen molar-refractivity contribution in [3.8, 4) is 0 Å². The van der Waals surface area contributed by atoms with Crippen molar-refractivity contribution >= 4 is 35.2 Å². The molecule has 1 saturated heterocycles. The van der Waals surface area contributed by atoms with Gasteiger partial charge in [-0.15, -0.1) is 11.8 Å². The van der Waals surface area contributed by atoms with E-state index < -0.39 is 11.8 Å². The van der Waals surface area contributed by atoms with Crippen molar-refractivity contribution in [2.24, 2.45) is 0 Å². The highest BCUT2D eigenvalue weighted by molar-refractivity contribution is 7.98. The molecule has 118 valence electrons. The molecule has 3 amide bonds. The first-order valence-corrected chi connectivity index (χ1v) is 8.23. The maximum Gasteiger partial charge on any atom is 0.313 e. The summed E-state index contributed by atoms with van der Waals surface area (Å²) in [7, 11) is 0. The van der Waals surface area contributed by atoms with E-state index in [2.05, 4.69) is 5.32 Å². The molecule has 0 spiro atoms. The quantitative estimate of drug-likeness (QED) is 0.653. The molecule has 1 aromatic rings. The molecule has 1 aliphatic rings. The number of rotatable bonds is 2. The number of nitrogens with one attached hydrogen (secondary N) is 1. The van der Waals surface area contributed by atoms with Gasteiger partial charge < -0.3 is 15.1 Å². The Morgan fingerprint density at radius 1 is 1.09 bits per heavy atom. The molecule has 0 radical (unpaired) electrons. The van der Waals surface area contributed by atoms with Gasteiger partial charge in [-0.05, 0) is 24.5 Å². The van der Waals surface area contributed by atoms with E-state index in [9.17, 15) is 14.4 Å². The van der Waals surface area contributed by atoms with Crippen LogP contribution >= 0.6 is 11.8 Å². The Labute approximate surface area is 133 Å². The maximum atomic E-state index is 12.1. The molecule has 1 heterocycles. The van der Waals surface area contributed by atoms with Gasteiger partial charge in [0.05, 0.1) is 0 Å². The topological polar surface area (TPSA) is 69.7 Å². The van der Waals surface area contributed by atoms with Crippen molar-refractivity contribution in [1.29, 1.82) is 0 Å². The Bertz CT molecular complexity index is 583. The number of amides is 3. The number of hydrogen-bond donors (Lipinski definition) is 1. The fourth-order valence-electron chi connectivity index (χ4n) is 2.25. The van der Waals surface area contributed by atoms with Crippen LogP contribution in [0.4, 0.5) is 5.69 Å². The van der Waals surface area contributed by atoms with Gasteiger partial charge in [0.15, 0.2) is 0 Å². The molecule has 1 aromatic carbocycles. The van der Waals surface area contributed by atoms with Crippen LogP contribution < -0.4 is 5.32 Å². The van der Waals surface area contributed by atoms with Crippen LogP contribution in [0.3, 0.4) is 0 Å². The molecule has 1 N–H and O–H groups in total. The van der Waals surface area contributed by atoms with Gasteiger partial charge in [-0.1, -0.05) is 6.07 Å². The van der Waals surface area contributed by atoms with Gasteiger partial charge in [0.25, 0.3) is 0 Å². The van der Waals surface area contributed by atoms with Gasteiger partial charge in [0.1, 0.15) is 0 Å². The highest BCUT2D eigenvalue weighted by atomic mass is 32.2. The van der Waals surface area contributed by atoms with E-state index >= 15 is 0 Å². The summed E-state index contributed by atoms with van der Waals surface area (Å²) in [5.74, 6) is -1.21. The van der Waals surface area contributed by atoms with E-state index in [1.54, 1.807) is 22.7 Å². The van der Waals surface area contributed by atoms with Gasteiger partial charge in [0.2, 0.25) is 5.91 Å². The summed E-state index contributed by atoms with van der Waals surface area (Å²) in [6.07, 6.45) is 1.95. The lowest BCUT2D eigenvalue weighted by molar-refractivity contribution is -0.145. The van der Waals surface area contributed by atoms with Crippen LogP contribution in [0.5, 0.6) is 0 Å².